The van der Waals surface area contributed by atoms with Crippen molar-refractivity contribution >= 4 is 29.2 Å². The first-order valence-electron chi connectivity index (χ1n) is 16.5. The van der Waals surface area contributed by atoms with E-state index >= 15 is 0 Å². The molecule has 46 heavy (non-hydrogen) atoms. The average Bonchev–Trinajstić information content (AvgIpc) is 3.47. The average molecular weight is 722 g/mol. The summed E-state index contributed by atoms with van der Waals surface area (Å²) in [6.07, 6.45) is 18.4. The van der Waals surface area contributed by atoms with Gasteiger partial charge >= 0.3 is 275 Å². The van der Waals surface area contributed by atoms with Gasteiger partial charge in [0.25, 0.3) is 0 Å². The summed E-state index contributed by atoms with van der Waals surface area (Å²) in [7, 11) is -2.62. The van der Waals surface area contributed by atoms with Gasteiger partial charge in [-0.25, -0.2) is 0 Å². The van der Waals surface area contributed by atoms with E-state index in [0.717, 1.165) is 19.3 Å². The van der Waals surface area contributed by atoms with Gasteiger partial charge in [-0.2, -0.15) is 0 Å². The van der Waals surface area contributed by atoms with Crippen molar-refractivity contribution in [2.45, 2.75) is 81.9 Å². The first-order chi connectivity index (χ1) is 21.0. The molecule has 240 valence electrons. The van der Waals surface area contributed by atoms with E-state index in [1.165, 1.54) is 81.9 Å². The minimum atomic E-state index is -2.62. The smallest absolute Gasteiger partial charge is 1.00 e. The van der Waals surface area contributed by atoms with Crippen LogP contribution >= 0.6 is 0 Å². The van der Waals surface area contributed by atoms with Gasteiger partial charge in [0.1, 0.15) is 0 Å². The first-order valence-corrected chi connectivity index (χ1v) is 19.3. The predicted octanol–water partition coefficient (Wildman–Crippen LogP) is 0.0947. The number of hydrogen-bond donors (Lipinski definition) is 0. The van der Waals surface area contributed by atoms with Gasteiger partial charge in [0.15, 0.2) is 0 Å². The third-order valence-electron chi connectivity index (χ3n) is 9.25. The molecule has 5 heteroatoms. The van der Waals surface area contributed by atoms with Gasteiger partial charge in [0, 0.05) is 0 Å². The molecule has 1 aliphatic rings. The standard InChI is InChI=1S/C41H47Si.3ClH.Ti/c1-4-7-13-33-18-25-38(26-19-33)42(39-27-20-34(21-28-39)14-8-5-2,40-29-22-35(23-30-40)15-9-6-3)41-31-24-37(32-41)36-16-11-10-12-17-36;;;;/h10-12,16-32H,4-9,13-15H2,1-3H3;3*1H;/q;;;;+3/p-3. The second-order valence-corrected chi connectivity index (χ2v) is 18.5. The zero-order chi connectivity index (χ0) is 30.1. The van der Waals surface area contributed by atoms with E-state index in [9.17, 15) is 0 Å². The van der Waals surface area contributed by atoms with Crippen LogP contribution in [-0.4, -0.2) is 8.07 Å². The van der Waals surface area contributed by atoms with E-state index < -0.39 is 8.07 Å². The molecule has 1 atom stereocenters. The number of allylic oxidation sites excluding steroid dienone is 4. The van der Waals surface area contributed by atoms with Crippen molar-refractivity contribution in [1.29, 1.82) is 0 Å². The maximum Gasteiger partial charge on any atom is -1.00 e. The van der Waals surface area contributed by atoms with Crippen molar-refractivity contribution in [2.75, 3.05) is 0 Å². The molecule has 0 nitrogen and oxygen atoms in total. The summed E-state index contributed by atoms with van der Waals surface area (Å²) in [5.41, 5.74) is 6.98. The summed E-state index contributed by atoms with van der Waals surface area (Å²) in [5.74, 6) is 0. The molecular weight excluding hydrogens is 675 g/mol. The van der Waals surface area contributed by atoms with Gasteiger partial charge in [-0.05, 0) is 0 Å². The fraction of sp³-hybridized carbons (Fsp3) is 0.317. The molecular formula is C41H47Cl3SiTi. The molecule has 0 saturated heterocycles. The molecule has 0 saturated carbocycles. The predicted molar refractivity (Wildman–Crippen MR) is 186 cm³/mol. The second-order valence-electron chi connectivity index (χ2n) is 12.3. The van der Waals surface area contributed by atoms with Gasteiger partial charge < -0.3 is 37.2 Å². The van der Waals surface area contributed by atoms with Gasteiger partial charge in [-0.15, -0.1) is 0 Å². The van der Waals surface area contributed by atoms with E-state index in [4.69, 9.17) is 0 Å². The van der Waals surface area contributed by atoms with Gasteiger partial charge in [0.2, 0.25) is 0 Å². The normalized spacial score (nSPS) is 15.4. The maximum atomic E-state index is 2.59. The van der Waals surface area contributed by atoms with Gasteiger partial charge in [0.05, 0.1) is 0 Å². The molecule has 0 amide bonds. The molecule has 1 unspecified atom stereocenters. The van der Waals surface area contributed by atoms with Crippen LogP contribution in [0.2, 0.25) is 3.34 Å². The third-order valence-corrected chi connectivity index (χ3v) is 16.6. The van der Waals surface area contributed by atoms with Crippen LogP contribution in [0.15, 0.2) is 121 Å². The molecule has 0 radical (unpaired) electrons. The number of aryl methyl sites for hydroxylation is 3. The van der Waals surface area contributed by atoms with Crippen molar-refractivity contribution < 1.29 is 57.7 Å². The number of halogens is 3. The Morgan fingerprint density at radius 3 is 1.24 bits per heavy atom. The van der Waals surface area contributed by atoms with Crippen molar-refractivity contribution in [3.63, 3.8) is 0 Å². The Bertz CT molecular complexity index is 1390. The largest absolute Gasteiger partial charge is 1.00 e. The fourth-order valence-electron chi connectivity index (χ4n) is 6.73. The van der Waals surface area contributed by atoms with Crippen molar-refractivity contribution in [1.82, 2.24) is 0 Å². The van der Waals surface area contributed by atoms with Gasteiger partial charge in [-0.1, -0.05) is 0 Å². The molecule has 0 bridgehead atoms. The SMILES string of the molecule is CCCCc1ccc([Si](c2ccc(CCCC)cc2)(c2ccc(CCCC)cc2)[C]2([Ti+3])C=CC(c3ccccc3)=C2)cc1.[Cl-].[Cl-].[Cl-]. The van der Waals surface area contributed by atoms with E-state index in [1.807, 2.05) is 0 Å². The molecule has 5 rings (SSSR count). The number of rotatable bonds is 14. The molecule has 0 aromatic heterocycles. The summed E-state index contributed by atoms with van der Waals surface area (Å²) in [5, 5.41) is 4.48. The summed E-state index contributed by atoms with van der Waals surface area (Å²) >= 11 is 2.51. The first kappa shape index (κ1) is 40.3. The third kappa shape index (κ3) is 8.79. The van der Waals surface area contributed by atoms with Crippen molar-refractivity contribution in [3.05, 3.63) is 144 Å². The van der Waals surface area contributed by atoms with Crippen LogP contribution in [0.5, 0.6) is 0 Å². The van der Waals surface area contributed by atoms with Crippen LogP contribution in [0, 0.1) is 0 Å². The molecule has 0 spiro atoms. The minimum Gasteiger partial charge on any atom is -1.00 e. The monoisotopic (exact) mass is 720 g/mol. The maximum absolute atomic E-state index is 2.62. The Morgan fingerprint density at radius 1 is 0.522 bits per heavy atom. The molecule has 0 aliphatic heterocycles. The number of benzene rings is 4. The molecule has 4 aromatic rings. The van der Waals surface area contributed by atoms with Crippen LogP contribution < -0.4 is 52.8 Å². The molecule has 0 heterocycles. The topological polar surface area (TPSA) is 0 Å². The summed E-state index contributed by atoms with van der Waals surface area (Å²) in [4.78, 5) is 0. The van der Waals surface area contributed by atoms with Crippen molar-refractivity contribution in [2.24, 2.45) is 0 Å². The Kier molecular flexibility index (Phi) is 16.9. The quantitative estimate of drug-likeness (QED) is 0.128. The van der Waals surface area contributed by atoms with Crippen LogP contribution in [0.3, 0.4) is 0 Å². The van der Waals surface area contributed by atoms with E-state index in [2.05, 4.69) is 163 Å². The van der Waals surface area contributed by atoms with E-state index in [-0.39, 0.29) is 40.6 Å². The van der Waals surface area contributed by atoms with Gasteiger partial charge in [-0.3, -0.25) is 0 Å². The van der Waals surface area contributed by atoms with Crippen LogP contribution in [0.4, 0.5) is 0 Å². The Morgan fingerprint density at radius 2 is 0.891 bits per heavy atom. The summed E-state index contributed by atoms with van der Waals surface area (Å²) in [6.45, 7) is 6.85. The summed E-state index contributed by atoms with van der Waals surface area (Å²) < 4.78 is -0.140. The van der Waals surface area contributed by atoms with E-state index in [0.29, 0.717) is 0 Å². The molecule has 0 fully saturated rings. The molecule has 0 N–H and O–H groups in total. The van der Waals surface area contributed by atoms with Crippen LogP contribution in [0.1, 0.15) is 81.5 Å². The van der Waals surface area contributed by atoms with Crippen LogP contribution in [-0.2, 0) is 39.7 Å². The van der Waals surface area contributed by atoms with Crippen molar-refractivity contribution in [3.8, 4) is 0 Å². The number of unbranched alkanes of at least 4 members (excludes halogenated alkanes) is 3. The Hall–Kier alpha value is -1.84. The summed E-state index contributed by atoms with van der Waals surface area (Å²) in [6, 6.07) is 40.4. The Balaban J connectivity index is 0.00000245. The zero-order valence-electron chi connectivity index (χ0n) is 27.5. The fourth-order valence-corrected chi connectivity index (χ4v) is 14.3. The molecule has 1 aliphatic carbocycles. The zero-order valence-corrected chi connectivity index (χ0v) is 32.4. The second kappa shape index (κ2) is 19.2. The minimum absolute atomic E-state index is 0. The van der Waals surface area contributed by atoms with Crippen LogP contribution in [0.25, 0.3) is 5.57 Å². The number of hydrogen-bond acceptors (Lipinski definition) is 0. The Labute approximate surface area is 310 Å². The van der Waals surface area contributed by atoms with E-state index in [1.54, 1.807) is 0 Å². The molecule has 4 aromatic carbocycles.